The van der Waals surface area contributed by atoms with Gasteiger partial charge in [-0.25, -0.2) is 0 Å². The summed E-state index contributed by atoms with van der Waals surface area (Å²) >= 11 is 5.00. The Morgan fingerprint density at radius 2 is 1.10 bits per heavy atom. The molecule has 0 bridgehead atoms. The van der Waals surface area contributed by atoms with Crippen LogP contribution in [0.3, 0.4) is 0 Å². The molecule has 124 valence electrons. The van der Waals surface area contributed by atoms with Crippen LogP contribution in [0.1, 0.15) is 6.92 Å². The van der Waals surface area contributed by atoms with Crippen molar-refractivity contribution in [2.75, 3.05) is 5.88 Å². The third-order valence-corrected chi connectivity index (χ3v) is 2.29. The SMILES string of the molecule is CCCl.O=S(=O)(F)C(F)(F)C(F)(F)C(F)(F)C(F)(F)F. The van der Waals surface area contributed by atoms with E-state index in [4.69, 9.17) is 11.6 Å². The summed E-state index contributed by atoms with van der Waals surface area (Å²) in [5, 5.41) is -7.22. The van der Waals surface area contributed by atoms with Crippen LogP contribution in [0.25, 0.3) is 0 Å². The summed E-state index contributed by atoms with van der Waals surface area (Å²) in [5.41, 5.74) is 0. The van der Waals surface area contributed by atoms with Gasteiger partial charge in [0.25, 0.3) is 0 Å². The van der Waals surface area contributed by atoms with E-state index in [1.807, 2.05) is 6.92 Å². The summed E-state index contributed by atoms with van der Waals surface area (Å²) < 4.78 is 137. The van der Waals surface area contributed by atoms with E-state index in [0.717, 1.165) is 5.88 Å². The fraction of sp³-hybridized carbons (Fsp3) is 1.00. The zero-order chi connectivity index (χ0) is 17.2. The smallest absolute Gasteiger partial charge is 0.191 e. The molecule has 0 radical (unpaired) electrons. The molecule has 14 heteroatoms. The van der Waals surface area contributed by atoms with E-state index in [-0.39, 0.29) is 0 Å². The average Bonchev–Trinajstić information content (AvgIpc) is 2.14. The molecule has 0 aliphatic carbocycles. The molecule has 0 aromatic rings. The molecule has 0 unspecified atom stereocenters. The standard InChI is InChI=1S/C4F10O2S.C2H5Cl/c5-1(6,3(9,10)11)2(7,8)4(12,13)17(14,15)16;1-2-3/h;2H2,1H3. The first-order valence-electron chi connectivity index (χ1n) is 4.12. The minimum absolute atomic E-state index is 0.722. The molecule has 0 saturated heterocycles. The molecule has 0 aliphatic heterocycles. The van der Waals surface area contributed by atoms with Crippen molar-refractivity contribution >= 4 is 21.8 Å². The number of hydrogen-bond donors (Lipinski definition) is 0. The van der Waals surface area contributed by atoms with Gasteiger partial charge in [-0.05, 0) is 0 Å². The predicted octanol–water partition coefficient (Wildman–Crippen LogP) is 3.96. The fourth-order valence-corrected chi connectivity index (χ4v) is 0.948. The molecule has 0 spiro atoms. The van der Waals surface area contributed by atoms with Crippen LogP contribution in [-0.2, 0) is 10.2 Å². The molecule has 0 aliphatic rings. The van der Waals surface area contributed by atoms with Crippen LogP contribution >= 0.6 is 11.6 Å². The minimum Gasteiger partial charge on any atom is -0.191 e. The summed E-state index contributed by atoms with van der Waals surface area (Å²) in [6, 6.07) is 0. The van der Waals surface area contributed by atoms with E-state index in [1.165, 1.54) is 0 Å². The summed E-state index contributed by atoms with van der Waals surface area (Å²) in [6.45, 7) is 1.89. The molecule has 20 heavy (non-hydrogen) atoms. The number of halogens is 11. The van der Waals surface area contributed by atoms with Crippen LogP contribution in [0.2, 0.25) is 0 Å². The van der Waals surface area contributed by atoms with E-state index in [0.29, 0.717) is 0 Å². The molecule has 0 N–H and O–H groups in total. The van der Waals surface area contributed by atoms with Crippen LogP contribution in [-0.4, -0.2) is 37.6 Å². The Balaban J connectivity index is 0. The van der Waals surface area contributed by atoms with E-state index in [9.17, 15) is 51.8 Å². The van der Waals surface area contributed by atoms with Gasteiger partial charge < -0.3 is 0 Å². The lowest BCUT2D eigenvalue weighted by molar-refractivity contribution is -0.382. The van der Waals surface area contributed by atoms with Gasteiger partial charge in [-0.15, -0.1) is 11.6 Å². The highest BCUT2D eigenvalue weighted by atomic mass is 35.5. The van der Waals surface area contributed by atoms with E-state index in [2.05, 4.69) is 0 Å². The normalized spacial score (nSPS) is 14.6. The van der Waals surface area contributed by atoms with Crippen molar-refractivity contribution in [2.24, 2.45) is 0 Å². The van der Waals surface area contributed by atoms with Crippen LogP contribution in [0.15, 0.2) is 0 Å². The molecule has 2 nitrogen and oxygen atoms in total. The summed E-state index contributed by atoms with van der Waals surface area (Å²) in [6.07, 6.45) is -7.19. The van der Waals surface area contributed by atoms with Crippen molar-refractivity contribution in [3.05, 3.63) is 0 Å². The first kappa shape index (κ1) is 21.8. The first-order chi connectivity index (χ1) is 8.41. The van der Waals surface area contributed by atoms with Gasteiger partial charge in [0.15, 0.2) is 0 Å². The first-order valence-corrected chi connectivity index (χ1v) is 6.04. The van der Waals surface area contributed by atoms with Gasteiger partial charge in [-0.2, -0.15) is 47.9 Å². The monoisotopic (exact) mass is 366 g/mol. The molecule has 0 aromatic carbocycles. The van der Waals surface area contributed by atoms with Crippen LogP contribution in [0.4, 0.5) is 43.4 Å². The van der Waals surface area contributed by atoms with Gasteiger partial charge in [0.1, 0.15) is 0 Å². The lowest BCUT2D eigenvalue weighted by Gasteiger charge is -2.31. The molecule has 0 rings (SSSR count). The molecule has 0 heterocycles. The Morgan fingerprint density at radius 1 is 0.850 bits per heavy atom. The van der Waals surface area contributed by atoms with Crippen LogP contribution in [0, 0.1) is 0 Å². The largest absolute Gasteiger partial charge is 0.460 e. The summed E-state index contributed by atoms with van der Waals surface area (Å²) in [7, 11) is -7.67. The Morgan fingerprint density at radius 3 is 1.25 bits per heavy atom. The van der Waals surface area contributed by atoms with Gasteiger partial charge in [-0.1, -0.05) is 10.8 Å². The fourth-order valence-electron chi connectivity index (χ4n) is 0.514. The van der Waals surface area contributed by atoms with Crippen molar-refractivity contribution < 1.29 is 51.8 Å². The van der Waals surface area contributed by atoms with Gasteiger partial charge in [0.05, 0.1) is 0 Å². The van der Waals surface area contributed by atoms with Gasteiger partial charge in [0.2, 0.25) is 0 Å². The maximum Gasteiger partial charge on any atom is 0.460 e. The molecule has 0 atom stereocenters. The third-order valence-electron chi connectivity index (χ3n) is 1.42. The van der Waals surface area contributed by atoms with E-state index in [1.54, 1.807) is 0 Å². The van der Waals surface area contributed by atoms with Crippen LogP contribution in [0.5, 0.6) is 0 Å². The Bertz CT molecular complexity index is 414. The maximum absolute atomic E-state index is 12.1. The Hall–Kier alpha value is -0.460. The average molecular weight is 367 g/mol. The molecule has 0 saturated carbocycles. The molecule has 0 amide bonds. The Labute approximate surface area is 110 Å². The van der Waals surface area contributed by atoms with E-state index >= 15 is 0 Å². The van der Waals surface area contributed by atoms with Crippen molar-refractivity contribution in [3.8, 4) is 0 Å². The zero-order valence-corrected chi connectivity index (χ0v) is 10.7. The highest BCUT2D eigenvalue weighted by Gasteiger charge is 2.85. The maximum atomic E-state index is 12.1. The lowest BCUT2D eigenvalue weighted by Crippen LogP contribution is -2.62. The van der Waals surface area contributed by atoms with Crippen molar-refractivity contribution in [2.45, 2.75) is 30.2 Å². The van der Waals surface area contributed by atoms with E-state index < -0.39 is 33.5 Å². The molecular weight excluding hydrogens is 362 g/mol. The van der Waals surface area contributed by atoms with Crippen molar-refractivity contribution in [3.63, 3.8) is 0 Å². The third kappa shape index (κ3) is 3.80. The lowest BCUT2D eigenvalue weighted by atomic mass is 10.1. The van der Waals surface area contributed by atoms with Crippen molar-refractivity contribution in [1.29, 1.82) is 0 Å². The zero-order valence-electron chi connectivity index (χ0n) is 9.09. The summed E-state index contributed by atoms with van der Waals surface area (Å²) in [5.74, 6) is -14.2. The number of alkyl halides is 10. The van der Waals surface area contributed by atoms with Crippen LogP contribution < -0.4 is 0 Å². The van der Waals surface area contributed by atoms with Crippen molar-refractivity contribution in [1.82, 2.24) is 0 Å². The number of rotatable bonds is 3. The highest BCUT2D eigenvalue weighted by Crippen LogP contribution is 2.54. The number of hydrogen-bond acceptors (Lipinski definition) is 2. The second kappa shape index (κ2) is 6.12. The van der Waals surface area contributed by atoms with Gasteiger partial charge in [-0.3, -0.25) is 0 Å². The predicted molar refractivity (Wildman–Crippen MR) is 47.3 cm³/mol. The molecular formula is C6H5ClF10O2S. The summed E-state index contributed by atoms with van der Waals surface area (Å²) in [4.78, 5) is 0. The molecule has 0 aromatic heterocycles. The van der Waals surface area contributed by atoms with Gasteiger partial charge in [0, 0.05) is 5.88 Å². The van der Waals surface area contributed by atoms with Gasteiger partial charge >= 0.3 is 33.5 Å². The second-order valence-electron chi connectivity index (χ2n) is 2.87. The molecule has 0 fully saturated rings. The quantitative estimate of drug-likeness (QED) is 0.430. The Kier molecular flexibility index (Phi) is 6.68. The second-order valence-corrected chi connectivity index (χ2v) is 4.79. The topological polar surface area (TPSA) is 34.1 Å². The highest BCUT2D eigenvalue weighted by molar-refractivity contribution is 7.87. The minimum atomic E-state index is -7.67.